The first-order chi connectivity index (χ1) is 13.0. The molecule has 2 atom stereocenters. The Morgan fingerprint density at radius 3 is 2.52 bits per heavy atom. The molecular weight excluding hydrogens is 342 g/mol. The lowest BCUT2D eigenvalue weighted by atomic mass is 10.0. The molecule has 1 aromatic rings. The minimum absolute atomic E-state index is 0.0409. The van der Waals surface area contributed by atoms with Gasteiger partial charge in [-0.25, -0.2) is 4.79 Å². The molecule has 3 rings (SSSR count). The highest BCUT2D eigenvalue weighted by Crippen LogP contribution is 2.31. The van der Waals surface area contributed by atoms with Gasteiger partial charge in [0.15, 0.2) is 0 Å². The maximum Gasteiger partial charge on any atom is 0.317 e. The fourth-order valence-corrected chi connectivity index (χ4v) is 3.87. The van der Waals surface area contributed by atoms with Crippen molar-refractivity contribution in [3.63, 3.8) is 0 Å². The van der Waals surface area contributed by atoms with Crippen LogP contribution in [0, 0.1) is 34.5 Å². The summed E-state index contributed by atoms with van der Waals surface area (Å²) in [6.45, 7) is 8.80. The van der Waals surface area contributed by atoms with Gasteiger partial charge in [-0.15, -0.1) is 0 Å². The Balaban J connectivity index is 1.45. The predicted octanol–water partition coefficient (Wildman–Crippen LogP) is 1.79. The van der Waals surface area contributed by atoms with Crippen molar-refractivity contribution in [1.29, 1.82) is 10.5 Å². The summed E-state index contributed by atoms with van der Waals surface area (Å²) >= 11 is 0. The Labute approximate surface area is 160 Å². The van der Waals surface area contributed by atoms with Crippen molar-refractivity contribution in [2.45, 2.75) is 19.9 Å². The fourth-order valence-electron chi connectivity index (χ4n) is 3.87. The van der Waals surface area contributed by atoms with Crippen molar-refractivity contribution in [1.82, 2.24) is 15.1 Å². The van der Waals surface area contributed by atoms with E-state index in [1.165, 1.54) is 0 Å². The number of hydrogen-bond acceptors (Lipinski definition) is 5. The average Bonchev–Trinajstić information content (AvgIpc) is 3.20. The minimum atomic E-state index is 0.0409. The standard InChI is InChI=1S/C20H25N5O2/c1-14(2)23-20(26)25-12-17-10-24(11-18(17)13-25)5-6-27-19-4-3-15(8-21)7-16(19)9-22/h3-4,7,14,17-18H,5-6,10-13H2,1-2H3,(H,23,26). The molecule has 0 aromatic heterocycles. The lowest BCUT2D eigenvalue weighted by Gasteiger charge is -2.23. The van der Waals surface area contributed by atoms with Crippen LogP contribution in [0.2, 0.25) is 0 Å². The number of carbonyl (C=O) groups excluding carboxylic acids is 1. The van der Waals surface area contributed by atoms with Crippen LogP contribution in [0.5, 0.6) is 5.75 Å². The third-order valence-electron chi connectivity index (χ3n) is 5.16. The monoisotopic (exact) mass is 367 g/mol. The number of nitrogens with zero attached hydrogens (tertiary/aromatic N) is 4. The van der Waals surface area contributed by atoms with E-state index in [0.29, 0.717) is 35.3 Å². The zero-order valence-corrected chi connectivity index (χ0v) is 15.8. The Morgan fingerprint density at radius 2 is 1.93 bits per heavy atom. The van der Waals surface area contributed by atoms with Crippen LogP contribution in [0.4, 0.5) is 4.79 Å². The van der Waals surface area contributed by atoms with E-state index in [0.717, 1.165) is 32.7 Å². The number of ether oxygens (including phenoxy) is 1. The molecule has 27 heavy (non-hydrogen) atoms. The molecule has 7 nitrogen and oxygen atoms in total. The van der Waals surface area contributed by atoms with Crippen molar-refractivity contribution in [3.05, 3.63) is 29.3 Å². The summed E-state index contributed by atoms with van der Waals surface area (Å²) in [6.07, 6.45) is 0. The number of amides is 2. The van der Waals surface area contributed by atoms with E-state index >= 15 is 0 Å². The number of nitriles is 2. The molecule has 0 bridgehead atoms. The molecule has 7 heteroatoms. The van der Waals surface area contributed by atoms with E-state index < -0.39 is 0 Å². The van der Waals surface area contributed by atoms with Gasteiger partial charge in [0, 0.05) is 38.8 Å². The number of nitrogens with one attached hydrogen (secondary N) is 1. The molecule has 1 aromatic carbocycles. The lowest BCUT2D eigenvalue weighted by Crippen LogP contribution is -2.43. The number of likely N-dealkylation sites (tertiary alicyclic amines) is 2. The van der Waals surface area contributed by atoms with Crippen molar-refractivity contribution in [2.24, 2.45) is 11.8 Å². The van der Waals surface area contributed by atoms with Crippen molar-refractivity contribution < 1.29 is 9.53 Å². The van der Waals surface area contributed by atoms with Crippen LogP contribution in [-0.2, 0) is 0 Å². The molecule has 2 unspecified atom stereocenters. The largest absolute Gasteiger partial charge is 0.491 e. The maximum atomic E-state index is 12.1. The van der Waals surface area contributed by atoms with Crippen molar-refractivity contribution in [3.8, 4) is 17.9 Å². The first-order valence-electron chi connectivity index (χ1n) is 9.35. The Hall–Kier alpha value is -2.77. The fraction of sp³-hybridized carbons (Fsp3) is 0.550. The van der Waals surface area contributed by atoms with Crippen LogP contribution in [0.3, 0.4) is 0 Å². The number of hydrogen-bond donors (Lipinski definition) is 1. The molecule has 0 saturated carbocycles. The molecule has 2 saturated heterocycles. The summed E-state index contributed by atoms with van der Waals surface area (Å²) < 4.78 is 5.77. The van der Waals surface area contributed by atoms with Crippen LogP contribution >= 0.6 is 0 Å². The second-order valence-electron chi connectivity index (χ2n) is 7.57. The topological polar surface area (TPSA) is 92.4 Å². The highest BCUT2D eigenvalue weighted by atomic mass is 16.5. The van der Waals surface area contributed by atoms with Gasteiger partial charge in [0.2, 0.25) is 0 Å². The molecule has 2 aliphatic rings. The van der Waals surface area contributed by atoms with E-state index in [1.807, 2.05) is 24.8 Å². The SMILES string of the molecule is CC(C)NC(=O)N1CC2CN(CCOc3ccc(C#N)cc3C#N)CC2C1. The summed E-state index contributed by atoms with van der Waals surface area (Å²) in [4.78, 5) is 16.4. The van der Waals surface area contributed by atoms with Crippen LogP contribution in [-0.4, -0.2) is 61.2 Å². The smallest absolute Gasteiger partial charge is 0.317 e. The second-order valence-corrected chi connectivity index (χ2v) is 7.57. The highest BCUT2D eigenvalue weighted by molar-refractivity contribution is 5.74. The number of fused-ring (bicyclic) bond motifs is 1. The summed E-state index contributed by atoms with van der Waals surface area (Å²) in [5.41, 5.74) is 0.844. The van der Waals surface area contributed by atoms with Gasteiger partial charge in [0.05, 0.1) is 17.2 Å². The lowest BCUT2D eigenvalue weighted by molar-refractivity contribution is 0.191. The summed E-state index contributed by atoms with van der Waals surface area (Å²) in [5, 5.41) is 21.1. The van der Waals surface area contributed by atoms with Gasteiger partial charge in [-0.1, -0.05) is 0 Å². The molecule has 0 radical (unpaired) electrons. The van der Waals surface area contributed by atoms with Gasteiger partial charge >= 0.3 is 6.03 Å². The van der Waals surface area contributed by atoms with Crippen LogP contribution < -0.4 is 10.1 Å². The first-order valence-corrected chi connectivity index (χ1v) is 9.35. The highest BCUT2D eigenvalue weighted by Gasteiger charge is 2.41. The predicted molar refractivity (Wildman–Crippen MR) is 100 cm³/mol. The Kier molecular flexibility index (Phi) is 5.83. The van der Waals surface area contributed by atoms with E-state index in [4.69, 9.17) is 10.00 Å². The maximum absolute atomic E-state index is 12.1. The summed E-state index contributed by atoms with van der Waals surface area (Å²) in [7, 11) is 0. The number of carbonyl (C=O) groups is 1. The molecule has 2 aliphatic heterocycles. The van der Waals surface area contributed by atoms with Gasteiger partial charge in [0.1, 0.15) is 18.4 Å². The molecule has 2 heterocycles. The van der Waals surface area contributed by atoms with Crippen LogP contribution in [0.25, 0.3) is 0 Å². The average molecular weight is 367 g/mol. The van der Waals surface area contributed by atoms with Crippen LogP contribution in [0.1, 0.15) is 25.0 Å². The van der Waals surface area contributed by atoms with Gasteiger partial charge in [-0.2, -0.15) is 10.5 Å². The molecule has 0 aliphatic carbocycles. The van der Waals surface area contributed by atoms with Crippen molar-refractivity contribution in [2.75, 3.05) is 39.3 Å². The number of rotatable bonds is 5. The molecule has 2 amide bonds. The normalized spacial score (nSPS) is 21.6. The Bertz CT molecular complexity index is 766. The minimum Gasteiger partial charge on any atom is -0.491 e. The third kappa shape index (κ3) is 4.50. The third-order valence-corrected chi connectivity index (χ3v) is 5.16. The van der Waals surface area contributed by atoms with E-state index in [1.54, 1.807) is 18.2 Å². The number of urea groups is 1. The summed E-state index contributed by atoms with van der Waals surface area (Å²) in [6, 6.07) is 9.19. The van der Waals surface area contributed by atoms with E-state index in [-0.39, 0.29) is 12.1 Å². The molecular formula is C20H25N5O2. The van der Waals surface area contributed by atoms with Gasteiger partial charge in [0.25, 0.3) is 0 Å². The Morgan fingerprint density at radius 1 is 1.22 bits per heavy atom. The second kappa shape index (κ2) is 8.28. The van der Waals surface area contributed by atoms with Gasteiger partial charge in [-0.05, 0) is 43.9 Å². The zero-order chi connectivity index (χ0) is 19.4. The van der Waals surface area contributed by atoms with Gasteiger partial charge in [-0.3, -0.25) is 4.90 Å². The van der Waals surface area contributed by atoms with E-state index in [9.17, 15) is 10.1 Å². The zero-order valence-electron chi connectivity index (χ0n) is 15.8. The van der Waals surface area contributed by atoms with Crippen molar-refractivity contribution >= 4 is 6.03 Å². The molecule has 142 valence electrons. The molecule has 1 N–H and O–H groups in total. The molecule has 0 spiro atoms. The number of benzene rings is 1. The van der Waals surface area contributed by atoms with E-state index in [2.05, 4.69) is 16.3 Å². The quantitative estimate of drug-likeness (QED) is 0.856. The van der Waals surface area contributed by atoms with Gasteiger partial charge < -0.3 is 15.0 Å². The van der Waals surface area contributed by atoms with Crippen LogP contribution in [0.15, 0.2) is 18.2 Å². The first kappa shape index (κ1) is 19.0. The summed E-state index contributed by atoms with van der Waals surface area (Å²) in [5.74, 6) is 1.56. The molecule has 2 fully saturated rings.